The van der Waals surface area contributed by atoms with E-state index in [2.05, 4.69) is 5.32 Å². The van der Waals surface area contributed by atoms with E-state index < -0.39 is 17.9 Å². The zero-order valence-corrected chi connectivity index (χ0v) is 13.7. The lowest BCUT2D eigenvalue weighted by molar-refractivity contribution is -0.137. The first-order valence-electron chi connectivity index (χ1n) is 7.70. The van der Waals surface area contributed by atoms with E-state index in [1.165, 1.54) is 18.2 Å². The van der Waals surface area contributed by atoms with E-state index in [4.69, 9.17) is 9.47 Å². The third-order valence-electron chi connectivity index (χ3n) is 3.15. The molecular weight excluding hydrogens is 325 g/mol. The molecule has 130 valence electrons. The molecule has 2 aromatic rings. The standard InChI is InChI=1S/C19H18FNO4/c1-2-24-18(22)11-9-15-8-10-16(12-17(15)20)21-19(23)25-13-14-6-4-3-5-7-14/h3-12H,2,13H2,1H3,(H,21,23)/b11-9+. The van der Waals surface area contributed by atoms with Crippen molar-refractivity contribution in [1.82, 2.24) is 0 Å². The van der Waals surface area contributed by atoms with E-state index in [1.807, 2.05) is 30.3 Å². The molecule has 5 nitrogen and oxygen atoms in total. The highest BCUT2D eigenvalue weighted by Gasteiger charge is 2.07. The van der Waals surface area contributed by atoms with Gasteiger partial charge >= 0.3 is 12.1 Å². The monoisotopic (exact) mass is 343 g/mol. The smallest absolute Gasteiger partial charge is 0.411 e. The van der Waals surface area contributed by atoms with Gasteiger partial charge in [-0.2, -0.15) is 0 Å². The van der Waals surface area contributed by atoms with Gasteiger partial charge in [-0.15, -0.1) is 0 Å². The van der Waals surface area contributed by atoms with Gasteiger partial charge in [-0.25, -0.2) is 14.0 Å². The molecular formula is C19H18FNO4. The number of rotatable bonds is 6. The van der Waals surface area contributed by atoms with Crippen LogP contribution < -0.4 is 5.32 Å². The van der Waals surface area contributed by atoms with Gasteiger partial charge in [0.1, 0.15) is 12.4 Å². The van der Waals surface area contributed by atoms with Crippen LogP contribution in [-0.2, 0) is 20.9 Å². The number of amides is 1. The lowest BCUT2D eigenvalue weighted by Gasteiger charge is -2.08. The molecule has 0 heterocycles. The van der Waals surface area contributed by atoms with Gasteiger partial charge in [-0.1, -0.05) is 30.3 Å². The van der Waals surface area contributed by atoms with Crippen LogP contribution in [0.1, 0.15) is 18.1 Å². The highest BCUT2D eigenvalue weighted by atomic mass is 19.1. The minimum Gasteiger partial charge on any atom is -0.463 e. The number of benzene rings is 2. The molecule has 1 N–H and O–H groups in total. The Morgan fingerprint density at radius 1 is 1.12 bits per heavy atom. The molecule has 0 radical (unpaired) electrons. The topological polar surface area (TPSA) is 64.6 Å². The van der Waals surface area contributed by atoms with Crippen LogP contribution in [0.5, 0.6) is 0 Å². The molecule has 2 aromatic carbocycles. The summed E-state index contributed by atoms with van der Waals surface area (Å²) in [5.74, 6) is -1.13. The maximum Gasteiger partial charge on any atom is 0.411 e. The van der Waals surface area contributed by atoms with Crippen LogP contribution in [0.4, 0.5) is 14.9 Å². The Labute approximate surface area is 145 Å². The lowest BCUT2D eigenvalue weighted by Crippen LogP contribution is -2.13. The van der Waals surface area contributed by atoms with E-state index in [-0.39, 0.29) is 24.5 Å². The zero-order chi connectivity index (χ0) is 18.1. The number of carbonyl (C=O) groups is 2. The average Bonchev–Trinajstić information content (AvgIpc) is 2.60. The van der Waals surface area contributed by atoms with Crippen LogP contribution in [0.3, 0.4) is 0 Å². The number of hydrogen-bond donors (Lipinski definition) is 1. The molecule has 0 unspecified atom stereocenters. The molecule has 0 aromatic heterocycles. The number of halogens is 1. The highest BCUT2D eigenvalue weighted by molar-refractivity contribution is 5.87. The Balaban J connectivity index is 1.91. The number of ether oxygens (including phenoxy) is 2. The summed E-state index contributed by atoms with van der Waals surface area (Å²) in [7, 11) is 0. The first kappa shape index (κ1) is 18.2. The van der Waals surface area contributed by atoms with Crippen LogP contribution in [0.25, 0.3) is 6.08 Å². The Morgan fingerprint density at radius 3 is 2.56 bits per heavy atom. The molecule has 0 aliphatic carbocycles. The second-order valence-corrected chi connectivity index (χ2v) is 5.01. The predicted molar refractivity (Wildman–Crippen MR) is 92.3 cm³/mol. The summed E-state index contributed by atoms with van der Waals surface area (Å²) < 4.78 is 23.8. The molecule has 6 heteroatoms. The van der Waals surface area contributed by atoms with Crippen molar-refractivity contribution in [3.05, 3.63) is 71.6 Å². The molecule has 0 saturated heterocycles. The first-order chi connectivity index (χ1) is 12.1. The van der Waals surface area contributed by atoms with Crippen molar-refractivity contribution in [3.63, 3.8) is 0 Å². The van der Waals surface area contributed by atoms with Gasteiger partial charge < -0.3 is 9.47 Å². The minimum atomic E-state index is -0.682. The maximum atomic E-state index is 14.0. The van der Waals surface area contributed by atoms with Crippen molar-refractivity contribution in [2.45, 2.75) is 13.5 Å². The normalized spacial score (nSPS) is 10.5. The Bertz CT molecular complexity index is 759. The van der Waals surface area contributed by atoms with Gasteiger partial charge in [0.25, 0.3) is 0 Å². The fourth-order valence-corrected chi connectivity index (χ4v) is 1.97. The number of hydrogen-bond acceptors (Lipinski definition) is 4. The van der Waals surface area contributed by atoms with E-state index >= 15 is 0 Å². The van der Waals surface area contributed by atoms with Crippen molar-refractivity contribution >= 4 is 23.8 Å². The largest absolute Gasteiger partial charge is 0.463 e. The third kappa shape index (κ3) is 6.10. The molecule has 0 atom stereocenters. The van der Waals surface area contributed by atoms with Crippen LogP contribution in [0.2, 0.25) is 0 Å². The molecule has 1 amide bonds. The molecule has 0 fully saturated rings. The fourth-order valence-electron chi connectivity index (χ4n) is 1.97. The lowest BCUT2D eigenvalue weighted by atomic mass is 10.2. The summed E-state index contributed by atoms with van der Waals surface area (Å²) in [6.07, 6.45) is 1.77. The average molecular weight is 343 g/mol. The Kier molecular flexibility index (Phi) is 6.71. The number of carbonyl (C=O) groups excluding carboxylic acids is 2. The summed E-state index contributed by atoms with van der Waals surface area (Å²) in [6, 6.07) is 13.3. The van der Waals surface area contributed by atoms with E-state index in [0.29, 0.717) is 0 Å². The van der Waals surface area contributed by atoms with Crippen LogP contribution >= 0.6 is 0 Å². The number of anilines is 1. The second kappa shape index (κ2) is 9.22. The van der Waals surface area contributed by atoms with Gasteiger partial charge in [-0.05, 0) is 36.8 Å². The van der Waals surface area contributed by atoms with Crippen molar-refractivity contribution in [2.75, 3.05) is 11.9 Å². The van der Waals surface area contributed by atoms with Gasteiger partial charge in [-0.3, -0.25) is 5.32 Å². The molecule has 25 heavy (non-hydrogen) atoms. The second-order valence-electron chi connectivity index (χ2n) is 5.01. The van der Waals surface area contributed by atoms with Gasteiger partial charge in [0.2, 0.25) is 0 Å². The summed E-state index contributed by atoms with van der Waals surface area (Å²) in [4.78, 5) is 23.0. The fraction of sp³-hybridized carbons (Fsp3) is 0.158. The van der Waals surface area contributed by atoms with Crippen LogP contribution in [0, 0.1) is 5.82 Å². The summed E-state index contributed by atoms with van der Waals surface area (Å²) >= 11 is 0. The van der Waals surface area contributed by atoms with Gasteiger partial charge in [0, 0.05) is 17.3 Å². The molecule has 0 aliphatic heterocycles. The SMILES string of the molecule is CCOC(=O)/C=C/c1ccc(NC(=O)OCc2ccccc2)cc1F. The van der Waals surface area contributed by atoms with Crippen molar-refractivity contribution < 1.29 is 23.5 Å². The third-order valence-corrected chi connectivity index (χ3v) is 3.15. The highest BCUT2D eigenvalue weighted by Crippen LogP contribution is 2.16. The summed E-state index contributed by atoms with van der Waals surface area (Å²) in [5.41, 5.74) is 1.31. The molecule has 0 bridgehead atoms. The molecule has 0 aliphatic rings. The summed E-state index contributed by atoms with van der Waals surface area (Å²) in [6.45, 7) is 2.05. The van der Waals surface area contributed by atoms with E-state index in [1.54, 1.807) is 6.92 Å². The Morgan fingerprint density at radius 2 is 1.88 bits per heavy atom. The number of nitrogens with one attached hydrogen (secondary N) is 1. The minimum absolute atomic E-state index is 0.121. The zero-order valence-electron chi connectivity index (χ0n) is 13.7. The van der Waals surface area contributed by atoms with Gasteiger partial charge in [0.15, 0.2) is 0 Å². The molecule has 2 rings (SSSR count). The van der Waals surface area contributed by atoms with Gasteiger partial charge in [0.05, 0.1) is 6.61 Å². The van der Waals surface area contributed by atoms with Crippen LogP contribution in [0.15, 0.2) is 54.6 Å². The van der Waals surface area contributed by atoms with Crippen LogP contribution in [-0.4, -0.2) is 18.7 Å². The summed E-state index contributed by atoms with van der Waals surface area (Å²) in [5, 5.41) is 2.45. The Hall–Kier alpha value is -3.15. The predicted octanol–water partition coefficient (Wildman–Crippen LogP) is 4.15. The van der Waals surface area contributed by atoms with E-state index in [9.17, 15) is 14.0 Å². The van der Waals surface area contributed by atoms with Crippen molar-refractivity contribution in [1.29, 1.82) is 0 Å². The van der Waals surface area contributed by atoms with Crippen molar-refractivity contribution in [2.24, 2.45) is 0 Å². The van der Waals surface area contributed by atoms with E-state index in [0.717, 1.165) is 17.7 Å². The quantitative estimate of drug-likeness (QED) is 0.632. The molecule has 0 saturated carbocycles. The first-order valence-corrected chi connectivity index (χ1v) is 7.70. The van der Waals surface area contributed by atoms with Crippen molar-refractivity contribution in [3.8, 4) is 0 Å². The maximum absolute atomic E-state index is 14.0. The number of esters is 1. The molecule has 0 spiro atoms.